The van der Waals surface area contributed by atoms with Crippen molar-refractivity contribution in [3.63, 3.8) is 0 Å². The topological polar surface area (TPSA) is 45.6 Å². The van der Waals surface area contributed by atoms with Crippen molar-refractivity contribution in [1.29, 1.82) is 0 Å². The molecule has 4 nitrogen and oxygen atoms in total. The highest BCUT2D eigenvalue weighted by Crippen LogP contribution is 2.33. The van der Waals surface area contributed by atoms with Crippen LogP contribution in [0.5, 0.6) is 5.75 Å². The van der Waals surface area contributed by atoms with E-state index in [1.54, 1.807) is 25.4 Å². The molecule has 1 fully saturated rings. The summed E-state index contributed by atoms with van der Waals surface area (Å²) in [5.41, 5.74) is 1.76. The number of pyridine rings is 1. The molecular formula is C17H19FN2O2. The van der Waals surface area contributed by atoms with Gasteiger partial charge in [-0.2, -0.15) is 0 Å². The van der Waals surface area contributed by atoms with Crippen molar-refractivity contribution in [3.05, 3.63) is 59.7 Å². The molecule has 2 atom stereocenters. The molecule has 1 saturated heterocycles. The van der Waals surface area contributed by atoms with Gasteiger partial charge in [-0.15, -0.1) is 0 Å². The lowest BCUT2D eigenvalue weighted by atomic mass is 10.0. The molecule has 0 radical (unpaired) electrons. The molecular weight excluding hydrogens is 283 g/mol. The standard InChI is InChI=1S/C17H19FN2O2/c1-22-16-5-6-19-14(8-16)10-20-11-15(21)9-17(20)12-3-2-4-13(18)7-12/h2-8,15,17,21H,9-11H2,1H3/t15-,17+/m0/s1. The summed E-state index contributed by atoms with van der Waals surface area (Å²) in [5, 5.41) is 10.00. The van der Waals surface area contributed by atoms with E-state index >= 15 is 0 Å². The van der Waals surface area contributed by atoms with E-state index in [4.69, 9.17) is 4.74 Å². The summed E-state index contributed by atoms with van der Waals surface area (Å²) in [6.07, 6.45) is 1.91. The maximum absolute atomic E-state index is 13.5. The van der Waals surface area contributed by atoms with E-state index in [0.717, 1.165) is 17.0 Å². The number of aliphatic hydroxyl groups excluding tert-OH is 1. The second kappa shape index (κ2) is 6.42. The number of hydrogen-bond donors (Lipinski definition) is 1. The van der Waals surface area contributed by atoms with Gasteiger partial charge in [0, 0.05) is 31.4 Å². The van der Waals surface area contributed by atoms with Gasteiger partial charge in [0.2, 0.25) is 0 Å². The molecule has 3 rings (SSSR count). The number of halogens is 1. The molecule has 1 aromatic carbocycles. The van der Waals surface area contributed by atoms with Crippen LogP contribution >= 0.6 is 0 Å². The number of hydrogen-bond acceptors (Lipinski definition) is 4. The first-order chi connectivity index (χ1) is 10.7. The molecule has 116 valence electrons. The van der Waals surface area contributed by atoms with Gasteiger partial charge < -0.3 is 9.84 Å². The van der Waals surface area contributed by atoms with Crippen LogP contribution in [0.2, 0.25) is 0 Å². The number of rotatable bonds is 4. The third kappa shape index (κ3) is 3.26. The maximum Gasteiger partial charge on any atom is 0.123 e. The minimum absolute atomic E-state index is 0.00120. The molecule has 1 aliphatic heterocycles. The Morgan fingerprint density at radius 1 is 1.36 bits per heavy atom. The number of likely N-dealkylation sites (tertiary alicyclic amines) is 1. The first kappa shape index (κ1) is 14.9. The lowest BCUT2D eigenvalue weighted by Crippen LogP contribution is -2.24. The first-order valence-electron chi connectivity index (χ1n) is 7.32. The summed E-state index contributed by atoms with van der Waals surface area (Å²) in [5.74, 6) is 0.505. The fourth-order valence-electron chi connectivity index (χ4n) is 2.99. The van der Waals surface area contributed by atoms with Gasteiger partial charge in [-0.25, -0.2) is 4.39 Å². The van der Waals surface area contributed by atoms with Crippen LogP contribution in [0.3, 0.4) is 0 Å². The first-order valence-corrected chi connectivity index (χ1v) is 7.32. The van der Waals surface area contributed by atoms with Crippen molar-refractivity contribution >= 4 is 0 Å². The highest BCUT2D eigenvalue weighted by Gasteiger charge is 2.32. The van der Waals surface area contributed by atoms with Crippen LogP contribution < -0.4 is 4.74 Å². The molecule has 0 bridgehead atoms. The molecule has 1 aromatic heterocycles. The Kier molecular flexibility index (Phi) is 4.36. The van der Waals surface area contributed by atoms with Crippen LogP contribution in [0.4, 0.5) is 4.39 Å². The Morgan fingerprint density at radius 3 is 3.00 bits per heavy atom. The minimum atomic E-state index is -0.404. The van der Waals surface area contributed by atoms with Crippen LogP contribution in [-0.4, -0.2) is 34.7 Å². The Morgan fingerprint density at radius 2 is 2.23 bits per heavy atom. The summed E-state index contributed by atoms with van der Waals surface area (Å²) in [7, 11) is 1.62. The zero-order valence-electron chi connectivity index (χ0n) is 12.4. The third-order valence-electron chi connectivity index (χ3n) is 4.00. The average Bonchev–Trinajstić information content (AvgIpc) is 2.88. The Bertz CT molecular complexity index is 650. The summed E-state index contributed by atoms with van der Waals surface area (Å²) >= 11 is 0. The molecule has 1 aliphatic rings. The number of benzene rings is 1. The van der Waals surface area contributed by atoms with Gasteiger partial charge in [0.15, 0.2) is 0 Å². The zero-order valence-corrected chi connectivity index (χ0v) is 12.4. The molecule has 0 saturated carbocycles. The van der Waals surface area contributed by atoms with Crippen LogP contribution in [0, 0.1) is 5.82 Å². The van der Waals surface area contributed by atoms with Crippen LogP contribution in [0.15, 0.2) is 42.6 Å². The average molecular weight is 302 g/mol. The van der Waals surface area contributed by atoms with Crippen LogP contribution in [0.1, 0.15) is 23.7 Å². The predicted octanol–water partition coefficient (Wildman–Crippen LogP) is 2.54. The molecule has 1 N–H and O–H groups in total. The van der Waals surface area contributed by atoms with Crippen molar-refractivity contribution in [3.8, 4) is 5.75 Å². The smallest absolute Gasteiger partial charge is 0.123 e. The number of aliphatic hydroxyl groups is 1. The highest BCUT2D eigenvalue weighted by molar-refractivity contribution is 5.24. The normalized spacial score (nSPS) is 22.0. The van der Waals surface area contributed by atoms with Gasteiger partial charge in [-0.3, -0.25) is 9.88 Å². The zero-order chi connectivity index (χ0) is 15.5. The fourth-order valence-corrected chi connectivity index (χ4v) is 2.99. The number of β-amino-alcohol motifs (C(OH)–C–C–N with tert-alkyl or cyclic N) is 1. The Balaban J connectivity index is 1.81. The van der Waals surface area contributed by atoms with E-state index in [0.29, 0.717) is 19.5 Å². The lowest BCUT2D eigenvalue weighted by Gasteiger charge is -2.24. The Hall–Kier alpha value is -1.98. The summed E-state index contributed by atoms with van der Waals surface area (Å²) < 4.78 is 18.7. The van der Waals surface area contributed by atoms with Gasteiger partial charge in [0.1, 0.15) is 11.6 Å². The monoisotopic (exact) mass is 302 g/mol. The largest absolute Gasteiger partial charge is 0.497 e. The van der Waals surface area contributed by atoms with E-state index in [9.17, 15) is 9.50 Å². The van der Waals surface area contributed by atoms with E-state index in [1.165, 1.54) is 12.1 Å². The third-order valence-corrected chi connectivity index (χ3v) is 4.00. The minimum Gasteiger partial charge on any atom is -0.497 e. The second-order valence-electron chi connectivity index (χ2n) is 5.58. The van der Waals surface area contributed by atoms with Gasteiger partial charge in [-0.1, -0.05) is 12.1 Å². The SMILES string of the molecule is COc1ccnc(CN2C[C@@H](O)C[C@@H]2c2cccc(F)c2)c1. The van der Waals surface area contributed by atoms with Crippen LogP contribution in [-0.2, 0) is 6.54 Å². The van der Waals surface area contributed by atoms with E-state index in [-0.39, 0.29) is 11.9 Å². The highest BCUT2D eigenvalue weighted by atomic mass is 19.1. The quantitative estimate of drug-likeness (QED) is 0.943. The second-order valence-corrected chi connectivity index (χ2v) is 5.58. The maximum atomic E-state index is 13.5. The van der Waals surface area contributed by atoms with Gasteiger partial charge >= 0.3 is 0 Å². The number of aromatic nitrogens is 1. The molecule has 2 aromatic rings. The fraction of sp³-hybridized carbons (Fsp3) is 0.353. The summed E-state index contributed by atoms with van der Waals surface area (Å²) in [4.78, 5) is 6.47. The predicted molar refractivity (Wildman–Crippen MR) is 81.0 cm³/mol. The molecule has 22 heavy (non-hydrogen) atoms. The van der Waals surface area contributed by atoms with Gasteiger partial charge in [0.05, 0.1) is 18.9 Å². The van der Waals surface area contributed by atoms with Gasteiger partial charge in [-0.05, 0) is 30.2 Å². The van der Waals surface area contributed by atoms with Crippen LogP contribution in [0.25, 0.3) is 0 Å². The van der Waals surface area contributed by atoms with E-state index in [2.05, 4.69) is 9.88 Å². The van der Waals surface area contributed by atoms with Crippen molar-refractivity contribution in [2.24, 2.45) is 0 Å². The number of ether oxygens (including phenoxy) is 1. The lowest BCUT2D eigenvalue weighted by molar-refractivity contribution is 0.172. The van der Waals surface area contributed by atoms with Crippen molar-refractivity contribution < 1.29 is 14.2 Å². The molecule has 0 unspecified atom stereocenters. The summed E-state index contributed by atoms with van der Waals surface area (Å²) in [6.45, 7) is 1.15. The van der Waals surface area contributed by atoms with E-state index < -0.39 is 6.10 Å². The summed E-state index contributed by atoms with van der Waals surface area (Å²) in [6, 6.07) is 10.3. The van der Waals surface area contributed by atoms with Crippen molar-refractivity contribution in [2.45, 2.75) is 25.1 Å². The molecule has 0 aliphatic carbocycles. The Labute approximate surface area is 129 Å². The number of nitrogens with zero attached hydrogens (tertiary/aromatic N) is 2. The molecule has 0 amide bonds. The van der Waals surface area contributed by atoms with Crippen molar-refractivity contribution in [2.75, 3.05) is 13.7 Å². The van der Waals surface area contributed by atoms with E-state index in [1.807, 2.05) is 12.1 Å². The molecule has 2 heterocycles. The molecule has 5 heteroatoms. The van der Waals surface area contributed by atoms with Crippen molar-refractivity contribution in [1.82, 2.24) is 9.88 Å². The molecule has 0 spiro atoms. The van der Waals surface area contributed by atoms with Gasteiger partial charge in [0.25, 0.3) is 0 Å². The number of methoxy groups -OCH3 is 1.